The van der Waals surface area contributed by atoms with Crippen molar-refractivity contribution in [3.05, 3.63) is 23.7 Å². The number of furan rings is 1. The van der Waals surface area contributed by atoms with Crippen molar-refractivity contribution in [2.24, 2.45) is 0 Å². The van der Waals surface area contributed by atoms with Crippen LogP contribution >= 0.6 is 0 Å². The van der Waals surface area contributed by atoms with Crippen LogP contribution in [0.25, 0.3) is 0 Å². The molecule has 0 atom stereocenters. The molecule has 12 heavy (non-hydrogen) atoms. The third-order valence-corrected chi connectivity index (χ3v) is 1.62. The van der Waals surface area contributed by atoms with E-state index in [9.17, 15) is 0 Å². The van der Waals surface area contributed by atoms with Crippen molar-refractivity contribution in [2.45, 2.75) is 32.5 Å². The molecule has 1 aromatic rings. The van der Waals surface area contributed by atoms with Crippen molar-refractivity contribution in [1.82, 2.24) is 0 Å². The van der Waals surface area contributed by atoms with Crippen LogP contribution in [0.4, 0.5) is 0 Å². The van der Waals surface area contributed by atoms with Gasteiger partial charge in [-0.15, -0.1) is 0 Å². The molecule has 0 aliphatic carbocycles. The highest BCUT2D eigenvalue weighted by molar-refractivity contribution is 5.14. The van der Waals surface area contributed by atoms with Gasteiger partial charge in [0.25, 0.3) is 0 Å². The Morgan fingerprint density at radius 2 is 1.83 bits per heavy atom. The van der Waals surface area contributed by atoms with E-state index in [-0.39, 0.29) is 11.2 Å². The van der Waals surface area contributed by atoms with E-state index in [2.05, 4.69) is 0 Å². The quantitative estimate of drug-likeness (QED) is 0.629. The predicted molar refractivity (Wildman–Crippen MR) is 44.6 cm³/mol. The van der Waals surface area contributed by atoms with Gasteiger partial charge >= 0.3 is 0 Å². The molecule has 0 fully saturated rings. The molecule has 0 bridgehead atoms. The molecular weight excluding hydrogens is 156 g/mol. The summed E-state index contributed by atoms with van der Waals surface area (Å²) in [5, 5.41) is 17.5. The number of aliphatic hydroxyl groups is 2. The van der Waals surface area contributed by atoms with Gasteiger partial charge in [0.05, 0.1) is 0 Å². The molecule has 0 aliphatic heterocycles. The van der Waals surface area contributed by atoms with E-state index in [1.165, 1.54) is 0 Å². The molecule has 0 saturated heterocycles. The highest BCUT2D eigenvalue weighted by Gasteiger charge is 2.19. The zero-order chi connectivity index (χ0) is 9.35. The first-order valence-electron chi connectivity index (χ1n) is 3.87. The van der Waals surface area contributed by atoms with E-state index in [0.29, 0.717) is 0 Å². The first-order valence-corrected chi connectivity index (χ1v) is 3.87. The molecule has 0 aliphatic rings. The fraction of sp³-hybridized carbons (Fsp3) is 0.556. The molecule has 0 amide bonds. The standard InChI is InChI=1S/C9H14O3/c1-9(2,3)7-5-4-6(12-7)8(10)11/h4-5,8,10-11H,1-3H3. The Hall–Kier alpha value is -0.800. The van der Waals surface area contributed by atoms with Crippen LogP contribution in [0.2, 0.25) is 0 Å². The number of hydrogen-bond acceptors (Lipinski definition) is 3. The zero-order valence-corrected chi connectivity index (χ0v) is 7.53. The third-order valence-electron chi connectivity index (χ3n) is 1.62. The summed E-state index contributed by atoms with van der Waals surface area (Å²) in [5.74, 6) is 0.950. The molecule has 3 heteroatoms. The van der Waals surface area contributed by atoms with Gasteiger partial charge < -0.3 is 14.6 Å². The fourth-order valence-electron chi connectivity index (χ4n) is 0.895. The average molecular weight is 170 g/mol. The zero-order valence-electron chi connectivity index (χ0n) is 7.53. The molecular formula is C9H14O3. The lowest BCUT2D eigenvalue weighted by Gasteiger charge is -2.14. The van der Waals surface area contributed by atoms with Crippen LogP contribution in [0.5, 0.6) is 0 Å². The monoisotopic (exact) mass is 170 g/mol. The van der Waals surface area contributed by atoms with E-state index in [1.807, 2.05) is 20.8 Å². The minimum Gasteiger partial charge on any atom is -0.460 e. The Morgan fingerprint density at radius 1 is 1.25 bits per heavy atom. The second-order valence-electron chi connectivity index (χ2n) is 3.83. The molecule has 0 radical (unpaired) electrons. The Kier molecular flexibility index (Phi) is 2.26. The lowest BCUT2D eigenvalue weighted by atomic mass is 9.94. The SMILES string of the molecule is CC(C)(C)c1ccc(C(O)O)o1. The van der Waals surface area contributed by atoms with Crippen LogP contribution in [-0.2, 0) is 5.41 Å². The topological polar surface area (TPSA) is 53.6 Å². The molecule has 68 valence electrons. The number of hydrogen-bond donors (Lipinski definition) is 2. The van der Waals surface area contributed by atoms with Gasteiger partial charge in [0.1, 0.15) is 5.76 Å². The summed E-state index contributed by atoms with van der Waals surface area (Å²) in [7, 11) is 0. The molecule has 1 aromatic heterocycles. The second-order valence-corrected chi connectivity index (χ2v) is 3.83. The van der Waals surface area contributed by atoms with Gasteiger partial charge in [-0.1, -0.05) is 20.8 Å². The minimum atomic E-state index is -1.51. The third kappa shape index (κ3) is 1.87. The van der Waals surface area contributed by atoms with E-state index in [0.717, 1.165) is 5.76 Å². The molecule has 1 rings (SSSR count). The molecule has 0 saturated carbocycles. The highest BCUT2D eigenvalue weighted by atomic mass is 16.5. The number of rotatable bonds is 1. The summed E-state index contributed by atoms with van der Waals surface area (Å²) in [4.78, 5) is 0. The lowest BCUT2D eigenvalue weighted by Crippen LogP contribution is -2.09. The van der Waals surface area contributed by atoms with Gasteiger partial charge in [-0.25, -0.2) is 0 Å². The summed E-state index contributed by atoms with van der Waals surface area (Å²) in [6.07, 6.45) is -1.51. The lowest BCUT2D eigenvalue weighted by molar-refractivity contribution is -0.0590. The van der Waals surface area contributed by atoms with Crippen molar-refractivity contribution < 1.29 is 14.6 Å². The van der Waals surface area contributed by atoms with E-state index in [4.69, 9.17) is 14.6 Å². The Morgan fingerprint density at radius 3 is 2.08 bits per heavy atom. The van der Waals surface area contributed by atoms with Crippen LogP contribution in [0.1, 0.15) is 38.6 Å². The van der Waals surface area contributed by atoms with Crippen LogP contribution < -0.4 is 0 Å². The van der Waals surface area contributed by atoms with Gasteiger partial charge in [-0.3, -0.25) is 0 Å². The van der Waals surface area contributed by atoms with Crippen molar-refractivity contribution >= 4 is 0 Å². The predicted octanol–water partition coefficient (Wildman–Crippen LogP) is 1.56. The van der Waals surface area contributed by atoms with Gasteiger partial charge in [-0.2, -0.15) is 0 Å². The maximum absolute atomic E-state index is 8.76. The van der Waals surface area contributed by atoms with Gasteiger partial charge in [0.2, 0.25) is 6.29 Å². The van der Waals surface area contributed by atoms with Gasteiger partial charge in [-0.05, 0) is 12.1 Å². The Balaban J connectivity index is 2.92. The van der Waals surface area contributed by atoms with E-state index in [1.54, 1.807) is 12.1 Å². The van der Waals surface area contributed by atoms with Gasteiger partial charge in [0.15, 0.2) is 5.76 Å². The normalized spacial score (nSPS) is 12.5. The Labute approximate surface area is 71.6 Å². The van der Waals surface area contributed by atoms with Crippen LogP contribution in [-0.4, -0.2) is 10.2 Å². The molecule has 0 aromatic carbocycles. The Bertz CT molecular complexity index is 255. The van der Waals surface area contributed by atoms with Crippen molar-refractivity contribution in [1.29, 1.82) is 0 Å². The summed E-state index contributed by atoms with van der Waals surface area (Å²) >= 11 is 0. The van der Waals surface area contributed by atoms with Crippen molar-refractivity contribution in [3.63, 3.8) is 0 Å². The molecule has 0 unspecified atom stereocenters. The maximum atomic E-state index is 8.76. The van der Waals surface area contributed by atoms with Crippen LogP contribution in [0, 0.1) is 0 Å². The van der Waals surface area contributed by atoms with Crippen molar-refractivity contribution in [2.75, 3.05) is 0 Å². The highest BCUT2D eigenvalue weighted by Crippen LogP contribution is 2.25. The van der Waals surface area contributed by atoms with Crippen molar-refractivity contribution in [3.8, 4) is 0 Å². The smallest absolute Gasteiger partial charge is 0.212 e. The van der Waals surface area contributed by atoms with Gasteiger partial charge in [0, 0.05) is 5.41 Å². The first kappa shape index (κ1) is 9.29. The molecule has 0 spiro atoms. The fourth-order valence-corrected chi connectivity index (χ4v) is 0.895. The molecule has 1 heterocycles. The maximum Gasteiger partial charge on any atom is 0.212 e. The summed E-state index contributed by atoms with van der Waals surface area (Å²) in [6, 6.07) is 3.33. The second kappa shape index (κ2) is 2.92. The average Bonchev–Trinajstić information content (AvgIpc) is 2.30. The largest absolute Gasteiger partial charge is 0.460 e. The summed E-state index contributed by atoms with van der Waals surface area (Å²) < 4.78 is 5.21. The summed E-state index contributed by atoms with van der Waals surface area (Å²) in [5.41, 5.74) is -0.0901. The molecule has 2 N–H and O–H groups in total. The van der Waals surface area contributed by atoms with Crippen LogP contribution in [0.15, 0.2) is 16.5 Å². The number of aliphatic hydroxyl groups excluding tert-OH is 1. The summed E-state index contributed by atoms with van der Waals surface area (Å²) in [6.45, 7) is 6.00. The first-order chi connectivity index (χ1) is 5.41. The van der Waals surface area contributed by atoms with Crippen LogP contribution in [0.3, 0.4) is 0 Å². The van der Waals surface area contributed by atoms with E-state index < -0.39 is 6.29 Å². The molecule has 3 nitrogen and oxygen atoms in total. The van der Waals surface area contributed by atoms with E-state index >= 15 is 0 Å². The minimum absolute atomic E-state index is 0.0901.